The van der Waals surface area contributed by atoms with E-state index in [4.69, 9.17) is 11.6 Å². The molecule has 2 N–H and O–H groups in total. The van der Waals surface area contributed by atoms with Crippen LogP contribution in [0.1, 0.15) is 36.2 Å². The molecule has 1 fully saturated rings. The first-order chi connectivity index (χ1) is 14.3. The largest absolute Gasteiger partial charge is 0.349 e. The summed E-state index contributed by atoms with van der Waals surface area (Å²) in [5.74, 6) is -0.452. The highest BCUT2D eigenvalue weighted by molar-refractivity contribution is 6.30. The lowest BCUT2D eigenvalue weighted by atomic mass is 9.81. The van der Waals surface area contributed by atoms with Gasteiger partial charge in [0.25, 0.3) is 5.91 Å². The molecule has 30 heavy (non-hydrogen) atoms. The molecule has 2 heterocycles. The molecule has 158 valence electrons. The van der Waals surface area contributed by atoms with Crippen LogP contribution in [0.5, 0.6) is 0 Å². The van der Waals surface area contributed by atoms with Crippen molar-refractivity contribution in [1.82, 2.24) is 14.9 Å². The smallest absolute Gasteiger partial charge is 0.277 e. The van der Waals surface area contributed by atoms with E-state index in [1.54, 1.807) is 43.3 Å². The zero-order valence-electron chi connectivity index (χ0n) is 16.9. The Bertz CT molecular complexity index is 924. The maximum absolute atomic E-state index is 12.8. The predicted octanol–water partition coefficient (Wildman–Crippen LogP) is 3.22. The van der Waals surface area contributed by atoms with Crippen LogP contribution < -0.4 is 10.6 Å². The van der Waals surface area contributed by atoms with Crippen LogP contribution in [0.3, 0.4) is 0 Å². The number of hydrogen-bond donors (Lipinski definition) is 2. The van der Waals surface area contributed by atoms with Crippen molar-refractivity contribution in [3.63, 3.8) is 0 Å². The van der Waals surface area contributed by atoms with Gasteiger partial charge in [-0.25, -0.2) is 9.97 Å². The average molecular weight is 430 g/mol. The van der Waals surface area contributed by atoms with E-state index in [9.17, 15) is 14.4 Å². The molecule has 0 radical (unpaired) electrons. The summed E-state index contributed by atoms with van der Waals surface area (Å²) in [6, 6.07) is 6.48. The van der Waals surface area contributed by atoms with Gasteiger partial charge in [-0.3, -0.25) is 14.4 Å². The van der Waals surface area contributed by atoms with Crippen molar-refractivity contribution in [2.75, 3.05) is 24.7 Å². The minimum Gasteiger partial charge on any atom is -0.349 e. The van der Waals surface area contributed by atoms with E-state index in [-0.39, 0.29) is 29.3 Å². The van der Waals surface area contributed by atoms with Gasteiger partial charge in [-0.15, -0.1) is 0 Å². The van der Waals surface area contributed by atoms with Crippen molar-refractivity contribution in [3.8, 4) is 0 Å². The first kappa shape index (κ1) is 21.7. The second-order valence-electron chi connectivity index (χ2n) is 7.49. The molecule has 2 aromatic rings. The normalized spacial score (nSPS) is 18.4. The zero-order valence-corrected chi connectivity index (χ0v) is 17.6. The van der Waals surface area contributed by atoms with Crippen molar-refractivity contribution in [2.24, 2.45) is 11.8 Å². The van der Waals surface area contributed by atoms with Gasteiger partial charge in [-0.05, 0) is 49.9 Å². The van der Waals surface area contributed by atoms with Crippen LogP contribution >= 0.6 is 11.6 Å². The summed E-state index contributed by atoms with van der Waals surface area (Å²) >= 11 is 5.81. The summed E-state index contributed by atoms with van der Waals surface area (Å²) in [6.45, 7) is 0. The van der Waals surface area contributed by atoms with E-state index in [1.807, 2.05) is 0 Å². The van der Waals surface area contributed by atoms with Gasteiger partial charge < -0.3 is 15.5 Å². The number of pyridine rings is 2. The maximum Gasteiger partial charge on any atom is 0.277 e. The molecule has 0 aliphatic heterocycles. The van der Waals surface area contributed by atoms with Crippen LogP contribution in [0, 0.1) is 11.8 Å². The Balaban J connectivity index is 1.63. The fourth-order valence-electron chi connectivity index (χ4n) is 3.51. The number of hydrogen-bond acceptors (Lipinski definition) is 5. The third-order valence-corrected chi connectivity index (χ3v) is 5.36. The lowest BCUT2D eigenvalue weighted by Crippen LogP contribution is -2.35. The minimum absolute atomic E-state index is 0.0318. The molecule has 2 aromatic heterocycles. The lowest BCUT2D eigenvalue weighted by Gasteiger charge is -2.28. The SMILES string of the molecule is CN(C)C(=O)C1CCC(C(=O)Nc2cccnc2C(=O)Nc2ccc(Cl)cn2)CC1. The summed E-state index contributed by atoms with van der Waals surface area (Å²) in [4.78, 5) is 47.2. The predicted molar refractivity (Wildman–Crippen MR) is 114 cm³/mol. The van der Waals surface area contributed by atoms with Gasteiger partial charge in [-0.2, -0.15) is 0 Å². The number of carbonyl (C=O) groups excluding carboxylic acids is 3. The fraction of sp³-hybridized carbons (Fsp3) is 0.381. The van der Waals surface area contributed by atoms with Crippen molar-refractivity contribution in [3.05, 3.63) is 47.4 Å². The van der Waals surface area contributed by atoms with Crippen LogP contribution in [-0.2, 0) is 9.59 Å². The third-order valence-electron chi connectivity index (χ3n) is 5.14. The van der Waals surface area contributed by atoms with Gasteiger partial charge in [0, 0.05) is 38.3 Å². The first-order valence-electron chi connectivity index (χ1n) is 9.75. The van der Waals surface area contributed by atoms with Crippen molar-refractivity contribution in [2.45, 2.75) is 25.7 Å². The van der Waals surface area contributed by atoms with Crippen LogP contribution in [0.15, 0.2) is 36.7 Å². The van der Waals surface area contributed by atoms with Gasteiger partial charge in [0.1, 0.15) is 5.82 Å². The molecule has 0 aromatic carbocycles. The van der Waals surface area contributed by atoms with Crippen LogP contribution in [-0.4, -0.2) is 46.7 Å². The highest BCUT2D eigenvalue weighted by Gasteiger charge is 2.31. The number of amides is 3. The topological polar surface area (TPSA) is 104 Å². The fourth-order valence-corrected chi connectivity index (χ4v) is 3.63. The third kappa shape index (κ3) is 5.33. The Morgan fingerprint density at radius 1 is 1.00 bits per heavy atom. The molecule has 0 saturated heterocycles. The Morgan fingerprint density at radius 2 is 1.70 bits per heavy atom. The van der Waals surface area contributed by atoms with Crippen LogP contribution in [0.4, 0.5) is 11.5 Å². The molecule has 0 spiro atoms. The number of nitrogens with one attached hydrogen (secondary N) is 2. The van der Waals surface area contributed by atoms with Gasteiger partial charge in [0.2, 0.25) is 11.8 Å². The molecule has 3 rings (SSSR count). The van der Waals surface area contributed by atoms with E-state index in [2.05, 4.69) is 20.6 Å². The molecular weight excluding hydrogens is 406 g/mol. The molecule has 1 saturated carbocycles. The van der Waals surface area contributed by atoms with Gasteiger partial charge in [0.05, 0.1) is 10.7 Å². The lowest BCUT2D eigenvalue weighted by molar-refractivity contribution is -0.135. The van der Waals surface area contributed by atoms with E-state index in [0.29, 0.717) is 42.2 Å². The Hall–Kier alpha value is -3.00. The molecule has 0 atom stereocenters. The monoisotopic (exact) mass is 429 g/mol. The quantitative estimate of drug-likeness (QED) is 0.759. The standard InChI is InChI=1S/C21H24ClN5O3/c1-27(2)21(30)14-7-5-13(6-8-14)19(28)25-16-4-3-11-23-18(16)20(29)26-17-10-9-15(22)12-24-17/h3-4,9-14H,5-8H2,1-2H3,(H,25,28)(H,24,26,29). The van der Waals surface area contributed by atoms with Crippen molar-refractivity contribution < 1.29 is 14.4 Å². The summed E-state index contributed by atoms with van der Waals surface area (Å²) in [5, 5.41) is 5.93. The molecule has 8 nitrogen and oxygen atoms in total. The summed E-state index contributed by atoms with van der Waals surface area (Å²) in [7, 11) is 3.49. The number of carbonyl (C=O) groups is 3. The zero-order chi connectivity index (χ0) is 21.7. The minimum atomic E-state index is -0.485. The van der Waals surface area contributed by atoms with E-state index in [0.717, 1.165) is 0 Å². The van der Waals surface area contributed by atoms with Crippen LogP contribution in [0.2, 0.25) is 5.02 Å². The maximum atomic E-state index is 12.8. The first-order valence-corrected chi connectivity index (χ1v) is 10.1. The van der Waals surface area contributed by atoms with E-state index in [1.165, 1.54) is 12.4 Å². The van der Waals surface area contributed by atoms with Crippen LogP contribution in [0.25, 0.3) is 0 Å². The molecular formula is C21H24ClN5O3. The molecule has 3 amide bonds. The molecule has 1 aliphatic rings. The highest BCUT2D eigenvalue weighted by Crippen LogP contribution is 2.31. The van der Waals surface area contributed by atoms with E-state index >= 15 is 0 Å². The van der Waals surface area contributed by atoms with E-state index < -0.39 is 5.91 Å². The second kappa shape index (κ2) is 9.67. The number of halogens is 1. The number of nitrogens with zero attached hydrogens (tertiary/aromatic N) is 3. The molecule has 1 aliphatic carbocycles. The van der Waals surface area contributed by atoms with Gasteiger partial charge in [0.15, 0.2) is 5.69 Å². The summed E-state index contributed by atoms with van der Waals surface area (Å²) in [6.07, 6.45) is 5.53. The number of aromatic nitrogens is 2. The van der Waals surface area contributed by atoms with Crippen molar-refractivity contribution in [1.29, 1.82) is 0 Å². The highest BCUT2D eigenvalue weighted by atomic mass is 35.5. The van der Waals surface area contributed by atoms with Gasteiger partial charge >= 0.3 is 0 Å². The molecule has 0 bridgehead atoms. The van der Waals surface area contributed by atoms with Crippen molar-refractivity contribution >= 4 is 40.8 Å². The Morgan fingerprint density at radius 3 is 2.33 bits per heavy atom. The average Bonchev–Trinajstić information content (AvgIpc) is 2.75. The summed E-state index contributed by atoms with van der Waals surface area (Å²) < 4.78 is 0. The van der Waals surface area contributed by atoms with Gasteiger partial charge in [-0.1, -0.05) is 11.6 Å². The Kier molecular flexibility index (Phi) is 6.99. The number of anilines is 2. The Labute approximate surface area is 180 Å². The molecule has 9 heteroatoms. The summed E-state index contributed by atoms with van der Waals surface area (Å²) in [5.41, 5.74) is 0.430. The number of rotatable bonds is 5. The second-order valence-corrected chi connectivity index (χ2v) is 7.92. The molecule has 0 unspecified atom stereocenters.